The van der Waals surface area contributed by atoms with Gasteiger partial charge in [-0.05, 0) is 179 Å². The van der Waals surface area contributed by atoms with E-state index in [9.17, 15) is 4.79 Å². The molecule has 4 rings (SSSR count). The molecule has 0 saturated heterocycles. The SMILES string of the molecule is CCC1(CC(CNCCCCCOCC2CCCCC(CCC(=O)OC)CCC2)C2CC3CCC(C(C)CCCCC2C(C)C)C3C)CCCCCC(C)(C)CCC1. The molecule has 2 bridgehead atoms. The summed E-state index contributed by atoms with van der Waals surface area (Å²) in [7, 11) is 1.51. The maximum absolute atomic E-state index is 11.7. The van der Waals surface area contributed by atoms with E-state index in [2.05, 4.69) is 53.8 Å². The number of carbonyl (C=O) groups excluding carboxylic acids is 1. The predicted molar refractivity (Wildman–Crippen MR) is 249 cm³/mol. The van der Waals surface area contributed by atoms with Crippen LogP contribution >= 0.6 is 0 Å². The number of esters is 1. The molecule has 4 heteroatoms. The van der Waals surface area contributed by atoms with Crippen LogP contribution in [-0.2, 0) is 14.3 Å². The van der Waals surface area contributed by atoms with Crippen LogP contribution in [-0.4, -0.2) is 39.4 Å². The number of hydrogen-bond donors (Lipinski definition) is 1. The van der Waals surface area contributed by atoms with Crippen LogP contribution in [0, 0.1) is 70.0 Å². The third-order valence-electron chi connectivity index (χ3n) is 17.7. The lowest BCUT2D eigenvalue weighted by Gasteiger charge is -2.44. The van der Waals surface area contributed by atoms with Crippen molar-refractivity contribution in [2.75, 3.05) is 33.4 Å². The molecule has 0 heterocycles. The van der Waals surface area contributed by atoms with Crippen molar-refractivity contribution in [1.29, 1.82) is 0 Å². The minimum Gasteiger partial charge on any atom is -0.469 e. The number of ether oxygens (including phenoxy) is 2. The average molecular weight is 812 g/mol. The van der Waals surface area contributed by atoms with Crippen molar-refractivity contribution in [3.63, 3.8) is 0 Å². The van der Waals surface area contributed by atoms with Gasteiger partial charge >= 0.3 is 5.97 Å². The fraction of sp³-hybridized carbons (Fsp3) is 0.981. The van der Waals surface area contributed by atoms with Gasteiger partial charge in [0.2, 0.25) is 0 Å². The molecule has 10 atom stereocenters. The lowest BCUT2D eigenvalue weighted by Crippen LogP contribution is -2.39. The normalized spacial score (nSPS) is 33.9. The van der Waals surface area contributed by atoms with Gasteiger partial charge in [-0.25, -0.2) is 0 Å². The van der Waals surface area contributed by atoms with Gasteiger partial charge in [0, 0.05) is 19.6 Å². The lowest BCUT2D eigenvalue weighted by atomic mass is 9.62. The Morgan fingerprint density at radius 1 is 0.741 bits per heavy atom. The second kappa shape index (κ2) is 26.8. The van der Waals surface area contributed by atoms with Crippen LogP contribution in [0.5, 0.6) is 0 Å². The highest BCUT2D eigenvalue weighted by molar-refractivity contribution is 5.69. The molecule has 340 valence electrons. The molecular formula is C54H101NO3. The zero-order valence-electron chi connectivity index (χ0n) is 40.3. The Morgan fingerprint density at radius 2 is 1.43 bits per heavy atom. The summed E-state index contributed by atoms with van der Waals surface area (Å²) in [5, 5.41) is 4.19. The minimum absolute atomic E-state index is 0.0481. The summed E-state index contributed by atoms with van der Waals surface area (Å²) < 4.78 is 11.2. The van der Waals surface area contributed by atoms with Gasteiger partial charge in [-0.1, -0.05) is 132 Å². The van der Waals surface area contributed by atoms with Crippen LogP contribution < -0.4 is 5.32 Å². The summed E-state index contributed by atoms with van der Waals surface area (Å²) in [5.41, 5.74) is 1.03. The van der Waals surface area contributed by atoms with E-state index in [0.29, 0.717) is 29.1 Å². The number of carbonyl (C=O) groups is 1. The first-order valence-corrected chi connectivity index (χ1v) is 26.3. The van der Waals surface area contributed by atoms with Gasteiger partial charge < -0.3 is 14.8 Å². The van der Waals surface area contributed by atoms with Crippen LogP contribution in [0.2, 0.25) is 0 Å². The van der Waals surface area contributed by atoms with Crippen molar-refractivity contribution in [1.82, 2.24) is 5.32 Å². The number of unbranched alkanes of at least 4 members (excludes halogenated alkanes) is 2. The molecule has 1 N–H and O–H groups in total. The zero-order valence-corrected chi connectivity index (χ0v) is 40.3. The lowest BCUT2D eigenvalue weighted by molar-refractivity contribution is -0.141. The fourth-order valence-corrected chi connectivity index (χ4v) is 13.6. The Balaban J connectivity index is 1.33. The molecule has 4 saturated carbocycles. The van der Waals surface area contributed by atoms with E-state index < -0.39 is 0 Å². The van der Waals surface area contributed by atoms with Gasteiger partial charge in [-0.15, -0.1) is 0 Å². The standard InChI is InChI=1S/C54H101NO3/c1-9-54(34-17-10-16-32-53(6,7)33-21-35-54)39-48(51-38-47-29-30-50(44(47)5)43(4)22-12-15-27-49(51)42(2)3)40-55-36-18-11-19-37-58-41-46-24-14-13-23-45(25-20-26-46)28-31-52(56)57-8/h42-51,55H,9-41H2,1-8H3. The van der Waals surface area contributed by atoms with E-state index in [4.69, 9.17) is 9.47 Å². The van der Waals surface area contributed by atoms with Gasteiger partial charge in [0.1, 0.15) is 0 Å². The van der Waals surface area contributed by atoms with Crippen molar-refractivity contribution < 1.29 is 14.3 Å². The third-order valence-corrected chi connectivity index (χ3v) is 17.7. The Hall–Kier alpha value is -0.610. The molecule has 0 aliphatic heterocycles. The molecule has 10 unspecified atom stereocenters. The largest absolute Gasteiger partial charge is 0.469 e. The maximum atomic E-state index is 11.7. The Kier molecular flexibility index (Phi) is 23.1. The minimum atomic E-state index is -0.0481. The van der Waals surface area contributed by atoms with Gasteiger partial charge in [0.05, 0.1) is 7.11 Å². The average Bonchev–Trinajstić information content (AvgIpc) is 3.60. The molecule has 4 nitrogen and oxygen atoms in total. The van der Waals surface area contributed by atoms with Crippen LogP contribution in [0.4, 0.5) is 0 Å². The molecule has 0 radical (unpaired) electrons. The summed E-state index contributed by atoms with van der Waals surface area (Å²) in [6.07, 6.45) is 39.0. The number of fused-ring (bicyclic) bond motifs is 2. The first-order valence-electron chi connectivity index (χ1n) is 26.3. The summed E-state index contributed by atoms with van der Waals surface area (Å²) >= 11 is 0. The van der Waals surface area contributed by atoms with Crippen LogP contribution in [0.15, 0.2) is 0 Å². The van der Waals surface area contributed by atoms with Crippen molar-refractivity contribution in [2.24, 2.45) is 70.0 Å². The molecule has 4 aliphatic rings. The molecular weight excluding hydrogens is 711 g/mol. The van der Waals surface area contributed by atoms with Crippen molar-refractivity contribution in [3.8, 4) is 0 Å². The summed E-state index contributed by atoms with van der Waals surface area (Å²) in [6.45, 7) is 22.4. The van der Waals surface area contributed by atoms with Crippen molar-refractivity contribution >= 4 is 5.97 Å². The highest BCUT2D eigenvalue weighted by Gasteiger charge is 2.43. The second-order valence-electron chi connectivity index (χ2n) is 22.7. The second-order valence-corrected chi connectivity index (χ2v) is 22.7. The molecule has 0 aromatic heterocycles. The molecule has 0 aromatic carbocycles. The van der Waals surface area contributed by atoms with Crippen molar-refractivity contribution in [2.45, 2.75) is 235 Å². The van der Waals surface area contributed by atoms with Gasteiger partial charge in [0.25, 0.3) is 0 Å². The first kappa shape index (κ1) is 50.0. The quantitative estimate of drug-likeness (QED) is 0.111. The number of methoxy groups -OCH3 is 1. The molecule has 58 heavy (non-hydrogen) atoms. The van der Waals surface area contributed by atoms with Crippen LogP contribution in [0.1, 0.15) is 235 Å². The van der Waals surface area contributed by atoms with Gasteiger partial charge in [-0.2, -0.15) is 0 Å². The predicted octanol–water partition coefficient (Wildman–Crippen LogP) is 15.4. The zero-order chi connectivity index (χ0) is 41.8. The highest BCUT2D eigenvalue weighted by atomic mass is 16.5. The number of rotatable bonds is 18. The number of hydrogen-bond acceptors (Lipinski definition) is 4. The van der Waals surface area contributed by atoms with Crippen LogP contribution in [0.3, 0.4) is 0 Å². The molecule has 0 amide bonds. The topological polar surface area (TPSA) is 47.6 Å². The monoisotopic (exact) mass is 812 g/mol. The highest BCUT2D eigenvalue weighted by Crippen LogP contribution is 2.52. The third kappa shape index (κ3) is 17.3. The van der Waals surface area contributed by atoms with E-state index in [1.54, 1.807) is 0 Å². The fourth-order valence-electron chi connectivity index (χ4n) is 13.6. The van der Waals surface area contributed by atoms with E-state index in [0.717, 1.165) is 67.0 Å². The number of nitrogens with one attached hydrogen (secondary N) is 1. The summed E-state index contributed by atoms with van der Waals surface area (Å²) in [4.78, 5) is 11.7. The summed E-state index contributed by atoms with van der Waals surface area (Å²) in [6, 6.07) is 0. The van der Waals surface area contributed by atoms with Crippen molar-refractivity contribution in [3.05, 3.63) is 0 Å². The van der Waals surface area contributed by atoms with Gasteiger partial charge in [-0.3, -0.25) is 4.79 Å². The molecule has 0 spiro atoms. The van der Waals surface area contributed by atoms with E-state index in [-0.39, 0.29) is 5.97 Å². The van der Waals surface area contributed by atoms with E-state index in [1.807, 2.05) is 0 Å². The molecule has 4 fully saturated rings. The summed E-state index contributed by atoms with van der Waals surface area (Å²) in [5.74, 6) is 8.38. The Bertz CT molecular complexity index is 1090. The van der Waals surface area contributed by atoms with E-state index in [1.165, 1.54) is 194 Å². The van der Waals surface area contributed by atoms with Crippen LogP contribution in [0.25, 0.3) is 0 Å². The van der Waals surface area contributed by atoms with Gasteiger partial charge in [0.15, 0.2) is 0 Å². The molecule has 0 aromatic rings. The molecule has 4 aliphatic carbocycles. The maximum Gasteiger partial charge on any atom is 0.305 e. The Morgan fingerprint density at radius 3 is 2.21 bits per heavy atom. The smallest absolute Gasteiger partial charge is 0.305 e. The Labute approximate surface area is 362 Å². The van der Waals surface area contributed by atoms with E-state index >= 15 is 0 Å². The first-order chi connectivity index (χ1) is 28.0.